The van der Waals surface area contributed by atoms with Crippen molar-refractivity contribution < 1.29 is 33.4 Å². The number of carbonyl (C=O) groups is 4. The summed E-state index contributed by atoms with van der Waals surface area (Å²) in [6.07, 6.45) is 0.480. The molecule has 0 aliphatic carbocycles. The SMILES string of the molecule is COc1ccc(CCN2C(=O)c3ccc(C(=O)OCC(=O)Nc4ccc(OC)cc4)cc3C2=O)cc1. The molecule has 0 spiro atoms. The van der Waals surface area contributed by atoms with Crippen molar-refractivity contribution in [3.05, 3.63) is 89.0 Å². The Bertz CT molecular complexity index is 1300. The van der Waals surface area contributed by atoms with Gasteiger partial charge in [-0.3, -0.25) is 19.3 Å². The Kier molecular flexibility index (Phi) is 7.29. The van der Waals surface area contributed by atoms with Crippen LogP contribution in [-0.2, 0) is 16.0 Å². The van der Waals surface area contributed by atoms with Gasteiger partial charge in [-0.2, -0.15) is 0 Å². The van der Waals surface area contributed by atoms with Crippen molar-refractivity contribution in [1.29, 1.82) is 0 Å². The second-order valence-electron chi connectivity index (χ2n) is 7.97. The van der Waals surface area contributed by atoms with Crippen LogP contribution in [0, 0.1) is 0 Å². The Morgan fingerprint density at radius 3 is 2.06 bits per heavy atom. The molecule has 1 aliphatic heterocycles. The fourth-order valence-corrected chi connectivity index (χ4v) is 3.74. The van der Waals surface area contributed by atoms with E-state index in [-0.39, 0.29) is 23.2 Å². The predicted octanol–water partition coefficient (Wildman–Crippen LogP) is 3.34. The standard InChI is InChI=1S/C27H24N2O7/c1-34-20-8-3-17(4-9-20)13-14-29-25(31)22-12-5-18(15-23(22)26(29)32)27(33)36-16-24(30)28-19-6-10-21(35-2)11-7-19/h3-12,15H,13-14,16H2,1-2H3,(H,28,30). The van der Waals surface area contributed by atoms with E-state index in [0.29, 0.717) is 17.9 Å². The van der Waals surface area contributed by atoms with E-state index >= 15 is 0 Å². The summed E-state index contributed by atoms with van der Waals surface area (Å²) in [6, 6.07) is 18.2. The smallest absolute Gasteiger partial charge is 0.338 e. The van der Waals surface area contributed by atoms with Gasteiger partial charge in [0.2, 0.25) is 0 Å². The summed E-state index contributed by atoms with van der Waals surface area (Å²) >= 11 is 0. The second-order valence-corrected chi connectivity index (χ2v) is 7.97. The molecular formula is C27H24N2O7. The van der Waals surface area contributed by atoms with Gasteiger partial charge in [0, 0.05) is 12.2 Å². The molecule has 1 aliphatic rings. The first-order chi connectivity index (χ1) is 17.4. The molecule has 0 saturated carbocycles. The van der Waals surface area contributed by atoms with Crippen molar-refractivity contribution >= 4 is 29.4 Å². The third-order valence-electron chi connectivity index (χ3n) is 5.70. The number of imide groups is 1. The fraction of sp³-hybridized carbons (Fsp3) is 0.185. The maximum absolute atomic E-state index is 12.9. The zero-order valence-corrected chi connectivity index (χ0v) is 19.8. The number of carbonyl (C=O) groups excluding carboxylic acids is 4. The van der Waals surface area contributed by atoms with Crippen molar-refractivity contribution in [2.24, 2.45) is 0 Å². The van der Waals surface area contributed by atoms with Gasteiger partial charge in [0.1, 0.15) is 11.5 Å². The minimum absolute atomic E-state index is 0.0733. The summed E-state index contributed by atoms with van der Waals surface area (Å²) in [5.41, 5.74) is 1.90. The first-order valence-corrected chi connectivity index (χ1v) is 11.1. The van der Waals surface area contributed by atoms with Crippen LogP contribution in [0.25, 0.3) is 0 Å². The van der Waals surface area contributed by atoms with Crippen LogP contribution in [-0.4, -0.2) is 56.0 Å². The van der Waals surface area contributed by atoms with Crippen molar-refractivity contribution in [3.8, 4) is 11.5 Å². The molecule has 3 aromatic rings. The first-order valence-electron chi connectivity index (χ1n) is 11.1. The molecule has 9 nitrogen and oxygen atoms in total. The van der Waals surface area contributed by atoms with Crippen LogP contribution in [0.1, 0.15) is 36.6 Å². The number of nitrogens with zero attached hydrogens (tertiary/aromatic N) is 1. The Morgan fingerprint density at radius 1 is 0.806 bits per heavy atom. The van der Waals surface area contributed by atoms with Crippen LogP contribution in [0.15, 0.2) is 66.7 Å². The number of esters is 1. The van der Waals surface area contributed by atoms with E-state index in [0.717, 1.165) is 16.2 Å². The Balaban J connectivity index is 1.34. The molecule has 0 unspecified atom stereocenters. The number of fused-ring (bicyclic) bond motifs is 1. The highest BCUT2D eigenvalue weighted by Gasteiger charge is 2.35. The van der Waals surface area contributed by atoms with Gasteiger partial charge in [-0.25, -0.2) is 4.79 Å². The molecule has 0 fully saturated rings. The minimum Gasteiger partial charge on any atom is -0.497 e. The van der Waals surface area contributed by atoms with Gasteiger partial charge in [-0.15, -0.1) is 0 Å². The molecule has 0 aromatic heterocycles. The molecule has 9 heteroatoms. The Morgan fingerprint density at radius 2 is 1.42 bits per heavy atom. The van der Waals surface area contributed by atoms with Crippen molar-refractivity contribution in [3.63, 3.8) is 0 Å². The van der Waals surface area contributed by atoms with Gasteiger partial charge in [0.15, 0.2) is 6.61 Å². The maximum Gasteiger partial charge on any atom is 0.338 e. The summed E-state index contributed by atoms with van der Waals surface area (Å²) in [5, 5.41) is 2.61. The second kappa shape index (κ2) is 10.7. The number of nitrogens with one attached hydrogen (secondary N) is 1. The maximum atomic E-state index is 12.9. The number of hydrogen-bond donors (Lipinski definition) is 1. The van der Waals surface area contributed by atoms with E-state index in [9.17, 15) is 19.2 Å². The lowest BCUT2D eigenvalue weighted by molar-refractivity contribution is -0.119. The number of benzene rings is 3. The van der Waals surface area contributed by atoms with Crippen molar-refractivity contribution in [1.82, 2.24) is 4.90 Å². The van der Waals surface area contributed by atoms with Crippen LogP contribution in [0.3, 0.4) is 0 Å². The Labute approximate surface area is 207 Å². The van der Waals surface area contributed by atoms with Gasteiger partial charge < -0.3 is 19.5 Å². The normalized spacial score (nSPS) is 12.2. The number of ether oxygens (including phenoxy) is 3. The van der Waals surface area contributed by atoms with Gasteiger partial charge >= 0.3 is 5.97 Å². The summed E-state index contributed by atoms with van der Waals surface area (Å²) in [7, 11) is 3.12. The number of hydrogen-bond acceptors (Lipinski definition) is 7. The van der Waals surface area contributed by atoms with E-state index < -0.39 is 30.3 Å². The largest absolute Gasteiger partial charge is 0.497 e. The molecule has 3 amide bonds. The summed E-state index contributed by atoms with van der Waals surface area (Å²) in [6.45, 7) is -0.313. The molecule has 0 bridgehead atoms. The average Bonchev–Trinajstić information content (AvgIpc) is 3.15. The zero-order valence-electron chi connectivity index (χ0n) is 19.8. The molecule has 4 rings (SSSR count). The molecule has 1 N–H and O–H groups in total. The number of amides is 3. The number of anilines is 1. The number of rotatable bonds is 9. The molecule has 0 atom stereocenters. The summed E-state index contributed by atoms with van der Waals surface area (Å²) in [4.78, 5) is 51.4. The highest BCUT2D eigenvalue weighted by molar-refractivity contribution is 6.22. The molecule has 184 valence electrons. The lowest BCUT2D eigenvalue weighted by Crippen LogP contribution is -2.31. The average molecular weight is 488 g/mol. The van der Waals surface area contributed by atoms with E-state index in [1.54, 1.807) is 31.4 Å². The van der Waals surface area contributed by atoms with Crippen molar-refractivity contribution in [2.75, 3.05) is 32.7 Å². The van der Waals surface area contributed by atoms with E-state index in [4.69, 9.17) is 14.2 Å². The van der Waals surface area contributed by atoms with E-state index in [2.05, 4.69) is 5.32 Å². The Hall–Kier alpha value is -4.66. The highest BCUT2D eigenvalue weighted by atomic mass is 16.5. The molecule has 1 heterocycles. The van der Waals surface area contributed by atoms with Crippen LogP contribution >= 0.6 is 0 Å². The molecule has 36 heavy (non-hydrogen) atoms. The first kappa shape index (κ1) is 24.5. The number of methoxy groups -OCH3 is 2. The quantitative estimate of drug-likeness (QED) is 0.363. The van der Waals surface area contributed by atoms with E-state index in [1.807, 2.05) is 24.3 Å². The topological polar surface area (TPSA) is 111 Å². The molecule has 0 radical (unpaired) electrons. The predicted molar refractivity (Wildman–Crippen MR) is 130 cm³/mol. The van der Waals surface area contributed by atoms with Crippen LogP contribution in [0.2, 0.25) is 0 Å². The van der Waals surface area contributed by atoms with Gasteiger partial charge in [0.25, 0.3) is 17.7 Å². The van der Waals surface area contributed by atoms with Crippen LogP contribution < -0.4 is 14.8 Å². The fourth-order valence-electron chi connectivity index (χ4n) is 3.74. The van der Waals surface area contributed by atoms with Crippen molar-refractivity contribution in [2.45, 2.75) is 6.42 Å². The minimum atomic E-state index is -0.778. The van der Waals surface area contributed by atoms with Crippen LogP contribution in [0.4, 0.5) is 5.69 Å². The third kappa shape index (κ3) is 5.35. The summed E-state index contributed by atoms with van der Waals surface area (Å²) < 4.78 is 15.3. The highest BCUT2D eigenvalue weighted by Crippen LogP contribution is 2.25. The zero-order chi connectivity index (χ0) is 25.7. The lowest BCUT2D eigenvalue weighted by Gasteiger charge is -2.13. The van der Waals surface area contributed by atoms with Gasteiger partial charge in [0.05, 0.1) is 30.9 Å². The third-order valence-corrected chi connectivity index (χ3v) is 5.70. The van der Waals surface area contributed by atoms with Gasteiger partial charge in [-0.05, 0) is 66.6 Å². The molecule has 3 aromatic carbocycles. The molecular weight excluding hydrogens is 464 g/mol. The van der Waals surface area contributed by atoms with Gasteiger partial charge in [-0.1, -0.05) is 12.1 Å². The van der Waals surface area contributed by atoms with Crippen LogP contribution in [0.5, 0.6) is 11.5 Å². The molecule has 0 saturated heterocycles. The lowest BCUT2D eigenvalue weighted by atomic mass is 10.1. The van der Waals surface area contributed by atoms with E-state index in [1.165, 1.54) is 25.3 Å². The monoisotopic (exact) mass is 488 g/mol. The summed E-state index contributed by atoms with van der Waals surface area (Å²) in [5.74, 6) is -0.830.